The Morgan fingerprint density at radius 3 is 2.00 bits per heavy atom. The molecule has 1 aromatic rings. The molecule has 0 bridgehead atoms. The molecule has 0 heterocycles. The second kappa shape index (κ2) is 6.64. The lowest BCUT2D eigenvalue weighted by Crippen LogP contribution is -2.01. The highest BCUT2D eigenvalue weighted by Crippen LogP contribution is 2.38. The molecular formula is C13H17NO3. The molecule has 0 spiro atoms. The van der Waals surface area contributed by atoms with Gasteiger partial charge in [0.05, 0.1) is 32.8 Å². The lowest BCUT2D eigenvalue weighted by atomic mass is 10.1. The van der Waals surface area contributed by atoms with Crippen molar-refractivity contribution in [1.82, 2.24) is 0 Å². The minimum atomic E-state index is 0.324. The largest absolute Gasteiger partial charge is 0.490 e. The van der Waals surface area contributed by atoms with E-state index >= 15 is 0 Å². The first-order valence-corrected chi connectivity index (χ1v) is 5.60. The Hall–Kier alpha value is -1.89. The minimum Gasteiger partial charge on any atom is -0.490 e. The van der Waals surface area contributed by atoms with E-state index in [1.165, 1.54) is 0 Å². The van der Waals surface area contributed by atoms with Gasteiger partial charge in [0, 0.05) is 0 Å². The van der Waals surface area contributed by atoms with Gasteiger partial charge < -0.3 is 14.2 Å². The Kier molecular flexibility index (Phi) is 5.15. The first kappa shape index (κ1) is 13.2. The Bertz CT molecular complexity index is 383. The standard InChI is InChI=1S/C13H17NO3/c1-4-16-11-8-10(6-7-14)9-12(17-5-2)13(11)15-3/h8-9H,4-6H2,1-3H3. The first-order valence-electron chi connectivity index (χ1n) is 5.60. The highest BCUT2D eigenvalue weighted by Gasteiger charge is 2.13. The van der Waals surface area contributed by atoms with Crippen LogP contribution in [0.1, 0.15) is 19.4 Å². The van der Waals surface area contributed by atoms with Crippen LogP contribution in [0, 0.1) is 11.3 Å². The molecular weight excluding hydrogens is 218 g/mol. The predicted molar refractivity (Wildman–Crippen MR) is 64.6 cm³/mol. The summed E-state index contributed by atoms with van der Waals surface area (Å²) in [5, 5.41) is 8.72. The van der Waals surface area contributed by atoms with Gasteiger partial charge in [0.15, 0.2) is 11.5 Å². The Labute approximate surface area is 102 Å². The summed E-state index contributed by atoms with van der Waals surface area (Å²) in [6.45, 7) is 4.88. The van der Waals surface area contributed by atoms with Crippen LogP contribution in [-0.2, 0) is 6.42 Å². The summed E-state index contributed by atoms with van der Waals surface area (Å²) in [4.78, 5) is 0. The van der Waals surface area contributed by atoms with E-state index in [1.54, 1.807) is 7.11 Å². The number of hydrogen-bond acceptors (Lipinski definition) is 4. The molecule has 0 saturated carbocycles. The van der Waals surface area contributed by atoms with Gasteiger partial charge in [0.2, 0.25) is 5.75 Å². The Morgan fingerprint density at radius 1 is 1.12 bits per heavy atom. The summed E-state index contributed by atoms with van der Waals surface area (Å²) in [7, 11) is 1.57. The average Bonchev–Trinajstić information content (AvgIpc) is 2.30. The summed E-state index contributed by atoms with van der Waals surface area (Å²) in [6, 6.07) is 5.74. The van der Waals surface area contributed by atoms with Crippen LogP contribution in [0.3, 0.4) is 0 Å². The maximum atomic E-state index is 8.72. The van der Waals surface area contributed by atoms with Crippen molar-refractivity contribution in [2.45, 2.75) is 20.3 Å². The molecule has 0 atom stereocenters. The molecule has 0 aliphatic carbocycles. The molecule has 0 radical (unpaired) electrons. The summed E-state index contributed by atoms with van der Waals surface area (Å²) < 4.78 is 16.3. The van der Waals surface area contributed by atoms with Gasteiger partial charge in [0.25, 0.3) is 0 Å². The predicted octanol–water partition coefficient (Wildman–Crippen LogP) is 2.56. The zero-order chi connectivity index (χ0) is 12.7. The third-order valence-electron chi connectivity index (χ3n) is 2.17. The quantitative estimate of drug-likeness (QED) is 0.760. The van der Waals surface area contributed by atoms with Gasteiger partial charge in [0.1, 0.15) is 0 Å². The fourth-order valence-corrected chi connectivity index (χ4v) is 1.55. The number of nitrogens with zero attached hydrogens (tertiary/aromatic N) is 1. The number of rotatable bonds is 6. The van der Waals surface area contributed by atoms with Crippen molar-refractivity contribution in [3.05, 3.63) is 17.7 Å². The monoisotopic (exact) mass is 235 g/mol. The molecule has 4 nitrogen and oxygen atoms in total. The van der Waals surface area contributed by atoms with E-state index in [0.29, 0.717) is 36.9 Å². The van der Waals surface area contributed by atoms with Crippen molar-refractivity contribution in [3.63, 3.8) is 0 Å². The van der Waals surface area contributed by atoms with E-state index in [0.717, 1.165) is 5.56 Å². The van der Waals surface area contributed by atoms with Gasteiger partial charge in [-0.05, 0) is 31.5 Å². The van der Waals surface area contributed by atoms with E-state index in [1.807, 2.05) is 26.0 Å². The van der Waals surface area contributed by atoms with Gasteiger partial charge >= 0.3 is 0 Å². The van der Waals surface area contributed by atoms with E-state index in [4.69, 9.17) is 19.5 Å². The maximum absolute atomic E-state index is 8.72. The SMILES string of the molecule is CCOc1cc(CC#N)cc(OCC)c1OC. The van der Waals surface area contributed by atoms with E-state index < -0.39 is 0 Å². The van der Waals surface area contributed by atoms with E-state index in [9.17, 15) is 0 Å². The molecule has 92 valence electrons. The third kappa shape index (κ3) is 3.28. The molecule has 0 unspecified atom stereocenters. The van der Waals surface area contributed by atoms with Crippen LogP contribution in [0.15, 0.2) is 12.1 Å². The second-order valence-corrected chi connectivity index (χ2v) is 3.33. The van der Waals surface area contributed by atoms with E-state index in [2.05, 4.69) is 6.07 Å². The van der Waals surface area contributed by atoms with Crippen LogP contribution in [-0.4, -0.2) is 20.3 Å². The lowest BCUT2D eigenvalue weighted by Gasteiger charge is -2.15. The van der Waals surface area contributed by atoms with Crippen molar-refractivity contribution in [1.29, 1.82) is 5.26 Å². The van der Waals surface area contributed by atoms with Crippen molar-refractivity contribution in [3.8, 4) is 23.3 Å². The molecule has 4 heteroatoms. The van der Waals surface area contributed by atoms with Crippen LogP contribution >= 0.6 is 0 Å². The van der Waals surface area contributed by atoms with Crippen LogP contribution in [0.5, 0.6) is 17.2 Å². The minimum absolute atomic E-state index is 0.324. The van der Waals surface area contributed by atoms with E-state index in [-0.39, 0.29) is 0 Å². The van der Waals surface area contributed by atoms with Gasteiger partial charge in [-0.3, -0.25) is 0 Å². The van der Waals surface area contributed by atoms with Crippen molar-refractivity contribution < 1.29 is 14.2 Å². The Balaban J connectivity index is 3.19. The summed E-state index contributed by atoms with van der Waals surface area (Å²) in [5.41, 5.74) is 0.861. The van der Waals surface area contributed by atoms with Crippen LogP contribution in [0.2, 0.25) is 0 Å². The molecule has 0 fully saturated rings. The summed E-state index contributed by atoms with van der Waals surface area (Å²) >= 11 is 0. The van der Waals surface area contributed by atoms with Gasteiger partial charge in [-0.15, -0.1) is 0 Å². The number of ether oxygens (including phenoxy) is 3. The third-order valence-corrected chi connectivity index (χ3v) is 2.17. The number of hydrogen-bond donors (Lipinski definition) is 0. The van der Waals surface area contributed by atoms with Crippen molar-refractivity contribution >= 4 is 0 Å². The zero-order valence-electron chi connectivity index (χ0n) is 10.4. The highest BCUT2D eigenvalue weighted by molar-refractivity contribution is 5.54. The van der Waals surface area contributed by atoms with Crippen molar-refractivity contribution in [2.75, 3.05) is 20.3 Å². The molecule has 0 N–H and O–H groups in total. The summed E-state index contributed by atoms with van der Waals surface area (Å²) in [5.74, 6) is 1.81. The second-order valence-electron chi connectivity index (χ2n) is 3.33. The molecule has 1 rings (SSSR count). The number of nitriles is 1. The molecule has 17 heavy (non-hydrogen) atoms. The molecule has 0 aromatic heterocycles. The molecule has 0 aliphatic heterocycles. The number of methoxy groups -OCH3 is 1. The fourth-order valence-electron chi connectivity index (χ4n) is 1.55. The fraction of sp³-hybridized carbons (Fsp3) is 0.462. The molecule has 0 amide bonds. The van der Waals surface area contributed by atoms with Gasteiger partial charge in [-0.25, -0.2) is 0 Å². The van der Waals surface area contributed by atoms with Crippen LogP contribution < -0.4 is 14.2 Å². The average molecular weight is 235 g/mol. The normalized spacial score (nSPS) is 9.53. The van der Waals surface area contributed by atoms with Gasteiger partial charge in [-0.1, -0.05) is 0 Å². The molecule has 1 aromatic carbocycles. The number of benzene rings is 1. The zero-order valence-corrected chi connectivity index (χ0v) is 10.4. The molecule has 0 saturated heterocycles. The maximum Gasteiger partial charge on any atom is 0.203 e. The lowest BCUT2D eigenvalue weighted by molar-refractivity contribution is 0.281. The topological polar surface area (TPSA) is 51.5 Å². The summed E-state index contributed by atoms with van der Waals surface area (Å²) in [6.07, 6.45) is 0.324. The highest BCUT2D eigenvalue weighted by atomic mass is 16.5. The van der Waals surface area contributed by atoms with Crippen LogP contribution in [0.25, 0.3) is 0 Å². The smallest absolute Gasteiger partial charge is 0.203 e. The van der Waals surface area contributed by atoms with Crippen LogP contribution in [0.4, 0.5) is 0 Å². The molecule has 0 aliphatic rings. The first-order chi connectivity index (χ1) is 8.26. The Morgan fingerprint density at radius 2 is 1.65 bits per heavy atom. The van der Waals surface area contributed by atoms with Gasteiger partial charge in [-0.2, -0.15) is 5.26 Å². The van der Waals surface area contributed by atoms with Crippen molar-refractivity contribution in [2.24, 2.45) is 0 Å².